The van der Waals surface area contributed by atoms with Crippen molar-refractivity contribution in [2.75, 3.05) is 13.3 Å². The van der Waals surface area contributed by atoms with Gasteiger partial charge in [0.15, 0.2) is 0 Å². The third-order valence-corrected chi connectivity index (χ3v) is 5.56. The molecule has 2 N–H and O–H groups in total. The van der Waals surface area contributed by atoms with Crippen LogP contribution in [0.5, 0.6) is 0 Å². The van der Waals surface area contributed by atoms with Gasteiger partial charge in [0.2, 0.25) is 16.8 Å². The molecule has 11 heteroatoms. The predicted molar refractivity (Wildman–Crippen MR) is 121 cm³/mol. The van der Waals surface area contributed by atoms with Gasteiger partial charge in [0, 0.05) is 6.54 Å². The highest BCUT2D eigenvalue weighted by Gasteiger charge is 2.29. The Morgan fingerprint density at radius 2 is 1.55 bits per heavy atom. The Kier molecular flexibility index (Phi) is 9.86. The molecule has 0 unspecified atom stereocenters. The van der Waals surface area contributed by atoms with Crippen molar-refractivity contribution in [1.29, 1.82) is 0 Å². The minimum atomic E-state index is -4.13. The number of hydrogen-bond donors (Lipinski definition) is 2. The summed E-state index contributed by atoms with van der Waals surface area (Å²) < 4.78 is 42.7. The number of hydrogen-bond acceptors (Lipinski definition) is 8. The zero-order valence-electron chi connectivity index (χ0n) is 20.2. The molecule has 1 aromatic carbocycles. The van der Waals surface area contributed by atoms with Crippen LogP contribution in [0.2, 0.25) is 0 Å². The van der Waals surface area contributed by atoms with Crippen LogP contribution >= 0.6 is 0 Å². The lowest BCUT2D eigenvalue weighted by molar-refractivity contribution is -0.173. The lowest BCUT2D eigenvalue weighted by atomic mass is 9.98. The molecule has 0 saturated carbocycles. The van der Waals surface area contributed by atoms with Gasteiger partial charge >= 0.3 is 18.0 Å². The number of alkyl carbamates (subject to hydrolysis) is 1. The Hall–Kier alpha value is -2.66. The molecule has 0 spiro atoms. The summed E-state index contributed by atoms with van der Waals surface area (Å²) in [6, 6.07) is 4.65. The van der Waals surface area contributed by atoms with E-state index in [1.165, 1.54) is 12.1 Å². The molecular formula is C22H34N2O8S. The van der Waals surface area contributed by atoms with Crippen molar-refractivity contribution in [2.45, 2.75) is 71.4 Å². The summed E-state index contributed by atoms with van der Waals surface area (Å²) in [5.74, 6) is -1.64. The van der Waals surface area contributed by atoms with E-state index in [0.29, 0.717) is 0 Å². The Labute approximate surface area is 195 Å². The fourth-order valence-corrected chi connectivity index (χ4v) is 3.48. The van der Waals surface area contributed by atoms with Crippen molar-refractivity contribution in [3.8, 4) is 0 Å². The van der Waals surface area contributed by atoms with E-state index >= 15 is 0 Å². The Morgan fingerprint density at radius 1 is 0.970 bits per heavy atom. The van der Waals surface area contributed by atoms with Gasteiger partial charge in [0.25, 0.3) is 0 Å². The van der Waals surface area contributed by atoms with Crippen LogP contribution in [0.4, 0.5) is 4.79 Å². The van der Waals surface area contributed by atoms with Crippen LogP contribution < -0.4 is 10.0 Å². The molecule has 0 aromatic heterocycles. The van der Waals surface area contributed by atoms with Crippen LogP contribution in [-0.4, -0.2) is 51.4 Å². The van der Waals surface area contributed by atoms with Gasteiger partial charge in [0.05, 0.1) is 10.3 Å². The average molecular weight is 487 g/mol. The molecule has 33 heavy (non-hydrogen) atoms. The fourth-order valence-electron chi connectivity index (χ4n) is 2.29. The number of sulfonamides is 1. The van der Waals surface area contributed by atoms with Crippen LogP contribution in [0.15, 0.2) is 29.2 Å². The van der Waals surface area contributed by atoms with Crippen LogP contribution in [0.25, 0.3) is 0 Å². The van der Waals surface area contributed by atoms with Crippen LogP contribution in [0.1, 0.15) is 54.0 Å². The summed E-state index contributed by atoms with van der Waals surface area (Å²) in [6.07, 6.45) is -0.110. The second-order valence-corrected chi connectivity index (χ2v) is 11.0. The number of benzene rings is 1. The zero-order chi connectivity index (χ0) is 25.4. The highest BCUT2D eigenvalue weighted by Crippen LogP contribution is 2.15. The van der Waals surface area contributed by atoms with Gasteiger partial charge in [-0.1, -0.05) is 19.1 Å². The number of carbonyl (C=O) groups excluding carboxylic acids is 3. The topological polar surface area (TPSA) is 137 Å². The van der Waals surface area contributed by atoms with E-state index < -0.39 is 58.5 Å². The van der Waals surface area contributed by atoms with E-state index in [1.807, 2.05) is 6.92 Å². The molecule has 1 aromatic rings. The Balaban J connectivity index is 2.94. The summed E-state index contributed by atoms with van der Waals surface area (Å²) in [6.45, 7) is 10.6. The molecule has 10 nitrogen and oxygen atoms in total. The van der Waals surface area contributed by atoms with E-state index in [4.69, 9.17) is 14.2 Å². The molecule has 186 valence electrons. The van der Waals surface area contributed by atoms with Gasteiger partial charge in [0.1, 0.15) is 11.6 Å². The first kappa shape index (κ1) is 28.4. The molecular weight excluding hydrogens is 452 g/mol. The first-order valence-corrected chi connectivity index (χ1v) is 12.0. The fraction of sp³-hybridized carbons (Fsp3) is 0.591. The lowest BCUT2D eigenvalue weighted by Crippen LogP contribution is -2.50. The molecule has 0 aliphatic rings. The van der Waals surface area contributed by atoms with E-state index in [2.05, 4.69) is 10.0 Å². The number of aryl methyl sites for hydroxylation is 1. The number of amides is 1. The lowest BCUT2D eigenvalue weighted by Gasteiger charge is -2.22. The van der Waals surface area contributed by atoms with Gasteiger partial charge < -0.3 is 19.5 Å². The van der Waals surface area contributed by atoms with Gasteiger partial charge in [-0.3, -0.25) is 9.59 Å². The molecule has 0 heterocycles. The van der Waals surface area contributed by atoms with Crippen molar-refractivity contribution >= 4 is 28.1 Å². The number of esters is 2. The second-order valence-electron chi connectivity index (χ2n) is 9.32. The van der Waals surface area contributed by atoms with Crippen molar-refractivity contribution in [1.82, 2.24) is 10.0 Å². The van der Waals surface area contributed by atoms with Crippen molar-refractivity contribution in [2.24, 2.45) is 5.41 Å². The summed E-state index contributed by atoms with van der Waals surface area (Å²) in [5, 5.41) is 2.34. The summed E-state index contributed by atoms with van der Waals surface area (Å²) >= 11 is 0. The smallest absolute Gasteiger partial charge is 0.407 e. The zero-order valence-corrected chi connectivity index (χ0v) is 21.0. The maximum Gasteiger partial charge on any atom is 0.407 e. The monoisotopic (exact) mass is 486 g/mol. The number of ether oxygens (including phenoxy) is 3. The largest absolute Gasteiger partial charge is 0.444 e. The third-order valence-electron chi connectivity index (χ3n) is 4.08. The van der Waals surface area contributed by atoms with Crippen molar-refractivity contribution < 1.29 is 37.0 Å². The number of nitrogens with one attached hydrogen (secondary N) is 2. The van der Waals surface area contributed by atoms with Crippen LogP contribution in [-0.2, 0) is 40.2 Å². The minimum absolute atomic E-state index is 0.0612. The average Bonchev–Trinajstić information content (AvgIpc) is 2.68. The third kappa shape index (κ3) is 10.2. The predicted octanol–water partition coefficient (Wildman–Crippen LogP) is 2.51. The standard InChI is InChI=1S/C22H34N2O8S/c1-8-15-9-11-16(12-10-15)33(28,29)24-17(13-23-20(27)32-22(5,6)7)18(25)30-14-31-19(26)21(2,3)4/h9-12,17,24H,8,13-14H2,1-7H3,(H,23,27)/t17-/m0/s1. The molecule has 0 bridgehead atoms. The van der Waals surface area contributed by atoms with Gasteiger partial charge in [-0.05, 0) is 65.7 Å². The van der Waals surface area contributed by atoms with Crippen LogP contribution in [0.3, 0.4) is 0 Å². The van der Waals surface area contributed by atoms with E-state index in [-0.39, 0.29) is 4.90 Å². The van der Waals surface area contributed by atoms with E-state index in [0.717, 1.165) is 12.0 Å². The van der Waals surface area contributed by atoms with Gasteiger partial charge in [-0.25, -0.2) is 13.2 Å². The highest BCUT2D eigenvalue weighted by molar-refractivity contribution is 7.89. The normalized spacial score (nSPS) is 13.1. The summed E-state index contributed by atoms with van der Waals surface area (Å²) in [5.41, 5.74) is -0.657. The van der Waals surface area contributed by atoms with Crippen LogP contribution in [0, 0.1) is 5.41 Å². The molecule has 0 saturated heterocycles. The maximum atomic E-state index is 12.8. The molecule has 1 atom stereocenters. The summed E-state index contributed by atoms with van der Waals surface area (Å²) in [4.78, 5) is 36.3. The highest BCUT2D eigenvalue weighted by atomic mass is 32.2. The maximum absolute atomic E-state index is 12.8. The molecule has 1 amide bonds. The molecule has 0 aliphatic carbocycles. The first-order chi connectivity index (χ1) is 15.0. The quantitative estimate of drug-likeness (QED) is 0.401. The van der Waals surface area contributed by atoms with E-state index in [1.54, 1.807) is 53.7 Å². The molecule has 0 aliphatic heterocycles. The number of rotatable bonds is 9. The second kappa shape index (κ2) is 11.5. The molecule has 0 radical (unpaired) electrons. The van der Waals surface area contributed by atoms with Crippen molar-refractivity contribution in [3.63, 3.8) is 0 Å². The SMILES string of the molecule is CCc1ccc(S(=O)(=O)N[C@@H](CNC(=O)OC(C)(C)C)C(=O)OCOC(=O)C(C)(C)C)cc1. The first-order valence-electron chi connectivity index (χ1n) is 10.5. The van der Waals surface area contributed by atoms with E-state index in [9.17, 15) is 22.8 Å². The summed E-state index contributed by atoms with van der Waals surface area (Å²) in [7, 11) is -4.13. The minimum Gasteiger partial charge on any atom is -0.444 e. The molecule has 0 fully saturated rings. The van der Waals surface area contributed by atoms with Gasteiger partial charge in [-0.2, -0.15) is 4.72 Å². The molecule has 1 rings (SSSR count). The Bertz CT molecular complexity index is 929. The van der Waals surface area contributed by atoms with Gasteiger partial charge in [-0.15, -0.1) is 0 Å². The number of carbonyl (C=O) groups is 3. The Morgan fingerprint density at radius 3 is 2.03 bits per heavy atom. The van der Waals surface area contributed by atoms with Crippen molar-refractivity contribution in [3.05, 3.63) is 29.8 Å².